The average molecular weight is 353 g/mol. The van der Waals surface area contributed by atoms with Crippen molar-refractivity contribution in [3.05, 3.63) is 71.8 Å². The van der Waals surface area contributed by atoms with E-state index in [1.165, 1.54) is 0 Å². The van der Waals surface area contributed by atoms with E-state index in [-0.39, 0.29) is 11.8 Å². The summed E-state index contributed by atoms with van der Waals surface area (Å²) in [5, 5.41) is 5.79. The minimum absolute atomic E-state index is 0.201. The summed E-state index contributed by atoms with van der Waals surface area (Å²) in [6, 6.07) is 17.5. The molecule has 0 aliphatic carbocycles. The van der Waals surface area contributed by atoms with Crippen LogP contribution in [0.4, 0.5) is 0 Å². The molecule has 0 aromatic heterocycles. The lowest BCUT2D eigenvalue weighted by Gasteiger charge is -2.21. The average Bonchev–Trinajstić information content (AvgIpc) is 2.70. The molecule has 2 rings (SSSR count). The van der Waals surface area contributed by atoms with E-state index in [1.807, 2.05) is 36.4 Å². The van der Waals surface area contributed by atoms with Gasteiger partial charge in [-0.1, -0.05) is 62.4 Å². The van der Waals surface area contributed by atoms with Crippen LogP contribution < -0.4 is 10.6 Å². The Morgan fingerprint density at radius 1 is 0.923 bits per heavy atom. The Kier molecular flexibility index (Phi) is 7.83. The van der Waals surface area contributed by atoms with Crippen molar-refractivity contribution in [3.8, 4) is 0 Å². The molecule has 0 aliphatic rings. The number of nitrogens with one attached hydrogen (secondary N) is 2. The highest BCUT2D eigenvalue weighted by molar-refractivity contribution is 5.97. The molecule has 2 aromatic carbocycles. The molecule has 0 radical (unpaired) electrons. The molecule has 26 heavy (non-hydrogen) atoms. The maximum Gasteiger partial charge on any atom is 0.252 e. The molecule has 138 valence electrons. The summed E-state index contributed by atoms with van der Waals surface area (Å²) in [6.07, 6.45) is 0. The van der Waals surface area contributed by atoms with Gasteiger partial charge in [-0.2, -0.15) is 0 Å². The number of hydrogen-bond acceptors (Lipinski definition) is 3. The van der Waals surface area contributed by atoms with E-state index in [1.54, 1.807) is 24.3 Å². The largest absolute Gasteiger partial charge is 0.353 e. The zero-order valence-electron chi connectivity index (χ0n) is 15.4. The predicted octanol–water partition coefficient (Wildman–Crippen LogP) is 2.62. The van der Waals surface area contributed by atoms with Crippen LogP contribution in [0.15, 0.2) is 60.7 Å². The molecule has 1 atom stereocenters. The van der Waals surface area contributed by atoms with Gasteiger partial charge < -0.3 is 15.5 Å². The topological polar surface area (TPSA) is 61.4 Å². The monoisotopic (exact) mass is 353 g/mol. The van der Waals surface area contributed by atoms with Gasteiger partial charge in [-0.05, 0) is 30.8 Å². The maximum atomic E-state index is 12.7. The van der Waals surface area contributed by atoms with Gasteiger partial charge in [0.05, 0.1) is 0 Å². The van der Waals surface area contributed by atoms with Crippen LogP contribution in [0.25, 0.3) is 0 Å². The van der Waals surface area contributed by atoms with Gasteiger partial charge in [-0.25, -0.2) is 0 Å². The fourth-order valence-electron chi connectivity index (χ4n) is 2.73. The molecule has 0 spiro atoms. The van der Waals surface area contributed by atoms with Crippen molar-refractivity contribution in [1.29, 1.82) is 0 Å². The zero-order valence-corrected chi connectivity index (χ0v) is 15.4. The molecular weight excluding hydrogens is 326 g/mol. The molecule has 0 aliphatic heterocycles. The molecule has 5 heteroatoms. The molecule has 0 heterocycles. The van der Waals surface area contributed by atoms with Crippen LogP contribution in [-0.4, -0.2) is 42.9 Å². The maximum absolute atomic E-state index is 12.7. The van der Waals surface area contributed by atoms with Gasteiger partial charge in [0.25, 0.3) is 5.91 Å². The van der Waals surface area contributed by atoms with Crippen LogP contribution in [0.1, 0.15) is 35.8 Å². The third-order valence-electron chi connectivity index (χ3n) is 4.33. The number of benzene rings is 2. The Labute approximate surface area is 155 Å². The number of carbonyl (C=O) groups is 2. The van der Waals surface area contributed by atoms with Crippen molar-refractivity contribution < 1.29 is 9.59 Å². The highest BCUT2D eigenvalue weighted by atomic mass is 16.2. The molecule has 0 saturated heterocycles. The molecule has 0 saturated carbocycles. The van der Waals surface area contributed by atoms with Gasteiger partial charge >= 0.3 is 0 Å². The second-order valence-electron chi connectivity index (χ2n) is 6.00. The van der Waals surface area contributed by atoms with Crippen molar-refractivity contribution >= 4 is 11.8 Å². The van der Waals surface area contributed by atoms with Crippen molar-refractivity contribution in [1.82, 2.24) is 15.5 Å². The Morgan fingerprint density at radius 3 is 2.08 bits per heavy atom. The normalized spacial score (nSPS) is 11.8. The third-order valence-corrected chi connectivity index (χ3v) is 4.33. The van der Waals surface area contributed by atoms with E-state index in [0.29, 0.717) is 12.1 Å². The number of nitrogens with zero attached hydrogens (tertiary/aromatic N) is 1. The molecular formula is C21H27N3O2. The first-order valence-electron chi connectivity index (χ1n) is 9.06. The van der Waals surface area contributed by atoms with Crippen LogP contribution in [0.5, 0.6) is 0 Å². The molecule has 0 bridgehead atoms. The number of likely N-dealkylation sites (N-methyl/N-ethyl adjacent to an activating group) is 1. The lowest BCUT2D eigenvalue weighted by molar-refractivity contribution is -0.123. The molecule has 2 amide bonds. The second-order valence-corrected chi connectivity index (χ2v) is 6.00. The van der Waals surface area contributed by atoms with Crippen LogP contribution in [0.2, 0.25) is 0 Å². The van der Waals surface area contributed by atoms with Gasteiger partial charge in [-0.15, -0.1) is 0 Å². The summed E-state index contributed by atoms with van der Waals surface area (Å²) >= 11 is 0. The zero-order chi connectivity index (χ0) is 18.8. The highest BCUT2D eigenvalue weighted by Gasteiger charge is 2.23. The SMILES string of the molecule is CCN(CC)CCNC(=O)C(NC(=O)c1ccccc1)c1ccccc1. The van der Waals surface area contributed by atoms with E-state index < -0.39 is 6.04 Å². The van der Waals surface area contributed by atoms with E-state index in [4.69, 9.17) is 0 Å². The number of hydrogen-bond donors (Lipinski definition) is 2. The summed E-state index contributed by atoms with van der Waals surface area (Å²) in [5.41, 5.74) is 1.29. The van der Waals surface area contributed by atoms with Crippen molar-refractivity contribution in [2.75, 3.05) is 26.2 Å². The fraction of sp³-hybridized carbons (Fsp3) is 0.333. The summed E-state index contributed by atoms with van der Waals surface area (Å²) < 4.78 is 0. The molecule has 2 aromatic rings. The standard InChI is InChI=1S/C21H27N3O2/c1-3-24(4-2)16-15-22-21(26)19(17-11-7-5-8-12-17)23-20(25)18-13-9-6-10-14-18/h5-14,19H,3-4,15-16H2,1-2H3,(H,22,26)(H,23,25). The second kappa shape index (κ2) is 10.4. The minimum atomic E-state index is -0.722. The first kappa shape index (κ1) is 19.7. The fourth-order valence-corrected chi connectivity index (χ4v) is 2.73. The van der Waals surface area contributed by atoms with Gasteiger partial charge in [0.15, 0.2) is 0 Å². The number of rotatable bonds is 9. The van der Waals surface area contributed by atoms with Gasteiger partial charge in [-0.3, -0.25) is 9.59 Å². The van der Waals surface area contributed by atoms with Crippen LogP contribution >= 0.6 is 0 Å². The Morgan fingerprint density at radius 2 is 1.50 bits per heavy atom. The van der Waals surface area contributed by atoms with Gasteiger partial charge in [0.2, 0.25) is 5.91 Å². The van der Waals surface area contributed by atoms with E-state index in [2.05, 4.69) is 29.4 Å². The minimum Gasteiger partial charge on any atom is -0.353 e. The van der Waals surface area contributed by atoms with E-state index >= 15 is 0 Å². The lowest BCUT2D eigenvalue weighted by Crippen LogP contribution is -2.43. The Bertz CT molecular complexity index is 685. The first-order chi connectivity index (χ1) is 12.7. The quantitative estimate of drug-likeness (QED) is 0.728. The van der Waals surface area contributed by atoms with Crippen molar-refractivity contribution in [2.24, 2.45) is 0 Å². The van der Waals surface area contributed by atoms with Crippen LogP contribution in [0.3, 0.4) is 0 Å². The van der Waals surface area contributed by atoms with Gasteiger partial charge in [0.1, 0.15) is 6.04 Å². The summed E-state index contributed by atoms with van der Waals surface area (Å²) in [4.78, 5) is 27.5. The first-order valence-corrected chi connectivity index (χ1v) is 9.06. The molecule has 5 nitrogen and oxygen atoms in total. The smallest absolute Gasteiger partial charge is 0.252 e. The van der Waals surface area contributed by atoms with Gasteiger partial charge in [0, 0.05) is 18.7 Å². The Balaban J connectivity index is 2.06. The predicted molar refractivity (Wildman–Crippen MR) is 104 cm³/mol. The molecule has 1 unspecified atom stereocenters. The number of amides is 2. The van der Waals surface area contributed by atoms with Crippen molar-refractivity contribution in [3.63, 3.8) is 0 Å². The summed E-state index contributed by atoms with van der Waals surface area (Å²) in [7, 11) is 0. The highest BCUT2D eigenvalue weighted by Crippen LogP contribution is 2.14. The lowest BCUT2D eigenvalue weighted by atomic mass is 10.1. The number of carbonyl (C=O) groups excluding carboxylic acids is 2. The van der Waals surface area contributed by atoms with Crippen LogP contribution in [0, 0.1) is 0 Å². The molecule has 0 fully saturated rings. The summed E-state index contributed by atoms with van der Waals surface area (Å²) in [5.74, 6) is -0.467. The summed E-state index contributed by atoms with van der Waals surface area (Å²) in [6.45, 7) is 7.41. The van der Waals surface area contributed by atoms with Crippen molar-refractivity contribution in [2.45, 2.75) is 19.9 Å². The van der Waals surface area contributed by atoms with E-state index in [9.17, 15) is 9.59 Å². The Hall–Kier alpha value is -2.66. The molecule has 2 N–H and O–H groups in total. The van der Waals surface area contributed by atoms with Crippen LogP contribution in [-0.2, 0) is 4.79 Å². The van der Waals surface area contributed by atoms with E-state index in [0.717, 1.165) is 25.2 Å². The third kappa shape index (κ3) is 5.70.